The summed E-state index contributed by atoms with van der Waals surface area (Å²) in [6.45, 7) is 2.52. The molecule has 0 saturated carbocycles. The number of carbonyl (C=O) groups excluding carboxylic acids is 1. The molecule has 0 atom stereocenters. The molecule has 0 bridgehead atoms. The average molecular weight is 394 g/mol. The van der Waals surface area contributed by atoms with E-state index in [1.165, 1.54) is 0 Å². The third-order valence-corrected chi connectivity index (χ3v) is 5.90. The predicted octanol–water partition coefficient (Wildman–Crippen LogP) is 3.13. The second-order valence-corrected chi connectivity index (χ2v) is 8.09. The summed E-state index contributed by atoms with van der Waals surface area (Å²) in [5, 5.41) is 0. The lowest BCUT2D eigenvalue weighted by Crippen LogP contribution is -2.35. The monoisotopic (exact) mass is 394 g/mol. The van der Waals surface area contributed by atoms with Crippen molar-refractivity contribution in [2.24, 2.45) is 0 Å². The van der Waals surface area contributed by atoms with Crippen LogP contribution in [0.5, 0.6) is 0 Å². The standard InChI is InChI=1S/C19H20F2N2O3S/c1-2-10-23-17-8-6-13(11-14(17)7-9-18(23)24)12-22-27(25,26)19-15(20)4-3-5-16(19)21/h3-6,8,11,22H,2,7,9-10,12H2,1H3. The molecule has 0 radical (unpaired) electrons. The Morgan fingerprint density at radius 2 is 1.81 bits per heavy atom. The minimum Gasteiger partial charge on any atom is -0.312 e. The van der Waals surface area contributed by atoms with Crippen LogP contribution in [0.25, 0.3) is 0 Å². The van der Waals surface area contributed by atoms with Gasteiger partial charge in [-0.05, 0) is 42.2 Å². The number of hydrogen-bond donors (Lipinski definition) is 1. The Balaban J connectivity index is 1.80. The van der Waals surface area contributed by atoms with E-state index >= 15 is 0 Å². The first kappa shape index (κ1) is 19.4. The summed E-state index contributed by atoms with van der Waals surface area (Å²) in [6, 6.07) is 8.22. The van der Waals surface area contributed by atoms with E-state index in [4.69, 9.17) is 0 Å². The summed E-state index contributed by atoms with van der Waals surface area (Å²) in [5.41, 5.74) is 2.44. The van der Waals surface area contributed by atoms with Crippen LogP contribution < -0.4 is 9.62 Å². The molecule has 0 spiro atoms. The van der Waals surface area contributed by atoms with Crippen LogP contribution in [0.2, 0.25) is 0 Å². The Hall–Kier alpha value is -2.32. The molecule has 2 aromatic rings. The lowest BCUT2D eigenvalue weighted by atomic mass is 9.98. The predicted molar refractivity (Wildman–Crippen MR) is 97.8 cm³/mol. The van der Waals surface area contributed by atoms with Crippen LogP contribution in [0.1, 0.15) is 30.9 Å². The Morgan fingerprint density at radius 1 is 1.11 bits per heavy atom. The second-order valence-electron chi connectivity index (χ2n) is 6.38. The van der Waals surface area contributed by atoms with Gasteiger partial charge in [-0.15, -0.1) is 0 Å². The van der Waals surface area contributed by atoms with E-state index in [1.54, 1.807) is 17.0 Å². The van der Waals surface area contributed by atoms with Crippen LogP contribution in [0.3, 0.4) is 0 Å². The first-order valence-electron chi connectivity index (χ1n) is 8.69. The molecule has 0 saturated heterocycles. The molecule has 1 amide bonds. The van der Waals surface area contributed by atoms with Gasteiger partial charge in [-0.1, -0.05) is 25.1 Å². The third kappa shape index (κ3) is 4.01. The number of halogens is 2. The van der Waals surface area contributed by atoms with Crippen molar-refractivity contribution in [2.45, 2.75) is 37.6 Å². The first-order valence-corrected chi connectivity index (χ1v) is 10.2. The van der Waals surface area contributed by atoms with Gasteiger partial charge in [0, 0.05) is 25.2 Å². The number of nitrogens with one attached hydrogen (secondary N) is 1. The average Bonchev–Trinajstić information content (AvgIpc) is 2.62. The zero-order chi connectivity index (χ0) is 19.6. The van der Waals surface area contributed by atoms with Crippen LogP contribution in [-0.4, -0.2) is 20.9 Å². The largest absolute Gasteiger partial charge is 0.312 e. The van der Waals surface area contributed by atoms with E-state index in [1.807, 2.05) is 13.0 Å². The number of nitrogens with zero attached hydrogens (tertiary/aromatic N) is 1. The lowest BCUT2D eigenvalue weighted by molar-refractivity contribution is -0.118. The van der Waals surface area contributed by atoms with Gasteiger partial charge in [0.2, 0.25) is 15.9 Å². The fourth-order valence-electron chi connectivity index (χ4n) is 3.18. The minimum atomic E-state index is -4.33. The molecule has 8 heteroatoms. The van der Waals surface area contributed by atoms with E-state index in [2.05, 4.69) is 4.72 Å². The van der Waals surface area contributed by atoms with Gasteiger partial charge in [0.15, 0.2) is 4.90 Å². The molecule has 0 aliphatic carbocycles. The number of sulfonamides is 1. The van der Waals surface area contributed by atoms with E-state index < -0.39 is 26.6 Å². The van der Waals surface area contributed by atoms with E-state index in [0.29, 0.717) is 24.9 Å². The molecule has 144 valence electrons. The molecule has 0 fully saturated rings. The highest BCUT2D eigenvalue weighted by atomic mass is 32.2. The third-order valence-electron chi connectivity index (χ3n) is 4.45. The number of amides is 1. The van der Waals surface area contributed by atoms with Gasteiger partial charge in [0.1, 0.15) is 11.6 Å². The van der Waals surface area contributed by atoms with Gasteiger partial charge in [0.05, 0.1) is 0 Å². The number of anilines is 1. The zero-order valence-corrected chi connectivity index (χ0v) is 15.7. The van der Waals surface area contributed by atoms with Crippen molar-refractivity contribution in [2.75, 3.05) is 11.4 Å². The van der Waals surface area contributed by atoms with E-state index in [-0.39, 0.29) is 12.5 Å². The summed E-state index contributed by atoms with van der Waals surface area (Å²) in [4.78, 5) is 12.8. The van der Waals surface area contributed by atoms with Gasteiger partial charge in [-0.25, -0.2) is 21.9 Å². The number of fused-ring (bicyclic) bond motifs is 1. The number of benzene rings is 2. The number of carbonyl (C=O) groups is 1. The zero-order valence-electron chi connectivity index (χ0n) is 14.8. The quantitative estimate of drug-likeness (QED) is 0.819. The SMILES string of the molecule is CCCN1C(=O)CCc2cc(CNS(=O)(=O)c3c(F)cccc3F)ccc21. The van der Waals surface area contributed by atoms with Crippen molar-refractivity contribution >= 4 is 21.6 Å². The normalized spacial score (nSPS) is 14.3. The fraction of sp³-hybridized carbons (Fsp3) is 0.316. The van der Waals surface area contributed by atoms with Gasteiger partial charge < -0.3 is 4.90 Å². The lowest BCUT2D eigenvalue weighted by Gasteiger charge is -2.29. The van der Waals surface area contributed by atoms with Crippen molar-refractivity contribution in [3.8, 4) is 0 Å². The fourth-order valence-corrected chi connectivity index (χ4v) is 4.33. The molecule has 2 aromatic carbocycles. The molecular formula is C19H20F2N2O3S. The summed E-state index contributed by atoms with van der Waals surface area (Å²) >= 11 is 0. The van der Waals surface area contributed by atoms with Crippen LogP contribution in [0.4, 0.5) is 14.5 Å². The van der Waals surface area contributed by atoms with E-state index in [0.717, 1.165) is 35.9 Å². The Labute approximate surface area is 157 Å². The highest BCUT2D eigenvalue weighted by Gasteiger charge is 2.25. The Bertz CT molecular complexity index is 957. The van der Waals surface area contributed by atoms with Gasteiger partial charge in [-0.2, -0.15) is 0 Å². The Morgan fingerprint density at radius 3 is 2.48 bits per heavy atom. The van der Waals surface area contributed by atoms with Gasteiger partial charge in [-0.3, -0.25) is 4.79 Å². The summed E-state index contributed by atoms with van der Waals surface area (Å²) in [7, 11) is -4.33. The van der Waals surface area contributed by atoms with E-state index in [9.17, 15) is 22.0 Å². The first-order chi connectivity index (χ1) is 12.8. The maximum absolute atomic E-state index is 13.8. The summed E-state index contributed by atoms with van der Waals surface area (Å²) in [6.07, 6.45) is 1.82. The Kier molecular flexibility index (Phi) is 5.57. The molecule has 0 unspecified atom stereocenters. The minimum absolute atomic E-state index is 0.0767. The second kappa shape index (κ2) is 7.74. The number of aryl methyl sites for hydroxylation is 1. The van der Waals surface area contributed by atoms with Crippen molar-refractivity contribution in [1.82, 2.24) is 4.72 Å². The maximum Gasteiger partial charge on any atom is 0.246 e. The molecule has 5 nitrogen and oxygen atoms in total. The molecule has 0 aromatic heterocycles. The molecule has 1 aliphatic rings. The van der Waals surface area contributed by atoms with Crippen molar-refractivity contribution < 1.29 is 22.0 Å². The topological polar surface area (TPSA) is 66.5 Å². The van der Waals surface area contributed by atoms with Crippen molar-refractivity contribution in [3.63, 3.8) is 0 Å². The smallest absolute Gasteiger partial charge is 0.246 e. The number of rotatable bonds is 6. The number of hydrogen-bond acceptors (Lipinski definition) is 3. The van der Waals surface area contributed by atoms with Crippen LogP contribution >= 0.6 is 0 Å². The summed E-state index contributed by atoms with van der Waals surface area (Å²) < 4.78 is 54.3. The van der Waals surface area contributed by atoms with Crippen LogP contribution in [0, 0.1) is 11.6 Å². The van der Waals surface area contributed by atoms with Crippen molar-refractivity contribution in [1.29, 1.82) is 0 Å². The molecule has 27 heavy (non-hydrogen) atoms. The van der Waals surface area contributed by atoms with Gasteiger partial charge >= 0.3 is 0 Å². The van der Waals surface area contributed by atoms with Crippen molar-refractivity contribution in [3.05, 3.63) is 59.2 Å². The van der Waals surface area contributed by atoms with Crippen LogP contribution in [-0.2, 0) is 27.8 Å². The summed E-state index contributed by atoms with van der Waals surface area (Å²) in [5.74, 6) is -2.20. The van der Waals surface area contributed by atoms with Gasteiger partial charge in [0.25, 0.3) is 0 Å². The molecular weight excluding hydrogens is 374 g/mol. The maximum atomic E-state index is 13.8. The molecule has 3 rings (SSSR count). The molecule has 1 N–H and O–H groups in total. The molecule has 1 heterocycles. The highest BCUT2D eigenvalue weighted by molar-refractivity contribution is 7.89. The van der Waals surface area contributed by atoms with Crippen LogP contribution in [0.15, 0.2) is 41.3 Å². The highest BCUT2D eigenvalue weighted by Crippen LogP contribution is 2.29. The molecule has 1 aliphatic heterocycles.